The lowest BCUT2D eigenvalue weighted by Crippen LogP contribution is -2.56. The number of carbonyl (C=O) groups is 1. The van der Waals surface area contributed by atoms with Crippen LogP contribution >= 0.6 is 27.5 Å². The number of ether oxygens (including phenoxy) is 1. The predicted molar refractivity (Wildman–Crippen MR) is 79.7 cm³/mol. The first-order valence-corrected chi connectivity index (χ1v) is 7.35. The molecule has 1 aromatic rings. The number of nitrogens with two attached hydrogens (primary N) is 1. The van der Waals surface area contributed by atoms with Crippen molar-refractivity contribution in [1.82, 2.24) is 0 Å². The average molecular weight is 348 g/mol. The fourth-order valence-electron chi connectivity index (χ4n) is 1.98. The van der Waals surface area contributed by atoms with Crippen LogP contribution in [-0.2, 0) is 4.79 Å². The zero-order valence-corrected chi connectivity index (χ0v) is 13.0. The SMILES string of the molecule is CCOc1c(Br)cc(Cl)cc1NC(=O)C1(N)CCC1. The van der Waals surface area contributed by atoms with Crippen molar-refractivity contribution < 1.29 is 9.53 Å². The molecule has 0 bridgehead atoms. The van der Waals surface area contributed by atoms with Gasteiger partial charge in [0.1, 0.15) is 0 Å². The Balaban J connectivity index is 2.25. The maximum atomic E-state index is 12.1. The fraction of sp³-hybridized carbons (Fsp3) is 0.462. The van der Waals surface area contributed by atoms with E-state index in [0.717, 1.165) is 6.42 Å². The highest BCUT2D eigenvalue weighted by atomic mass is 79.9. The zero-order chi connectivity index (χ0) is 14.0. The van der Waals surface area contributed by atoms with Gasteiger partial charge in [-0.2, -0.15) is 0 Å². The summed E-state index contributed by atoms with van der Waals surface area (Å²) in [5, 5.41) is 3.33. The van der Waals surface area contributed by atoms with Gasteiger partial charge in [0.15, 0.2) is 5.75 Å². The Morgan fingerprint density at radius 2 is 2.26 bits per heavy atom. The van der Waals surface area contributed by atoms with Crippen LogP contribution in [0, 0.1) is 0 Å². The number of halogens is 2. The monoisotopic (exact) mass is 346 g/mol. The minimum Gasteiger partial charge on any atom is -0.491 e. The molecule has 1 aromatic carbocycles. The molecule has 1 amide bonds. The van der Waals surface area contributed by atoms with E-state index in [1.54, 1.807) is 12.1 Å². The number of benzene rings is 1. The molecule has 0 atom stereocenters. The number of anilines is 1. The third kappa shape index (κ3) is 3.04. The Morgan fingerprint density at radius 1 is 1.58 bits per heavy atom. The van der Waals surface area contributed by atoms with Gasteiger partial charge in [-0.1, -0.05) is 11.6 Å². The lowest BCUT2D eigenvalue weighted by Gasteiger charge is -2.36. The summed E-state index contributed by atoms with van der Waals surface area (Å²) < 4.78 is 6.23. The van der Waals surface area contributed by atoms with Crippen LogP contribution < -0.4 is 15.8 Å². The molecule has 1 aliphatic rings. The third-order valence-electron chi connectivity index (χ3n) is 3.24. The number of amides is 1. The molecule has 19 heavy (non-hydrogen) atoms. The number of hydrogen-bond donors (Lipinski definition) is 2. The van der Waals surface area contributed by atoms with Gasteiger partial charge < -0.3 is 15.8 Å². The van der Waals surface area contributed by atoms with E-state index in [2.05, 4.69) is 21.2 Å². The fourth-order valence-corrected chi connectivity index (χ4v) is 2.90. The molecule has 0 aromatic heterocycles. The second-order valence-electron chi connectivity index (χ2n) is 4.66. The number of hydrogen-bond acceptors (Lipinski definition) is 3. The van der Waals surface area contributed by atoms with Crippen LogP contribution in [0.15, 0.2) is 16.6 Å². The van der Waals surface area contributed by atoms with Gasteiger partial charge in [0.05, 0.1) is 22.3 Å². The van der Waals surface area contributed by atoms with Gasteiger partial charge in [-0.05, 0) is 54.2 Å². The summed E-state index contributed by atoms with van der Waals surface area (Å²) in [5.74, 6) is 0.386. The molecule has 3 N–H and O–H groups in total. The van der Waals surface area contributed by atoms with Crippen molar-refractivity contribution in [3.05, 3.63) is 21.6 Å². The summed E-state index contributed by atoms with van der Waals surface area (Å²) in [5.41, 5.74) is 5.79. The maximum Gasteiger partial charge on any atom is 0.244 e. The Bertz CT molecular complexity index is 504. The van der Waals surface area contributed by atoms with E-state index >= 15 is 0 Å². The summed E-state index contributed by atoms with van der Waals surface area (Å²) in [6.07, 6.45) is 2.41. The highest BCUT2D eigenvalue weighted by Gasteiger charge is 2.40. The highest BCUT2D eigenvalue weighted by molar-refractivity contribution is 9.10. The van der Waals surface area contributed by atoms with E-state index in [-0.39, 0.29) is 5.91 Å². The molecule has 104 valence electrons. The van der Waals surface area contributed by atoms with Crippen molar-refractivity contribution in [1.29, 1.82) is 0 Å². The zero-order valence-electron chi connectivity index (χ0n) is 10.6. The number of nitrogens with one attached hydrogen (secondary N) is 1. The van der Waals surface area contributed by atoms with Crippen molar-refractivity contribution in [2.24, 2.45) is 5.73 Å². The summed E-state index contributed by atoms with van der Waals surface area (Å²) in [6, 6.07) is 3.39. The van der Waals surface area contributed by atoms with Crippen LogP contribution in [0.2, 0.25) is 5.02 Å². The molecule has 1 fully saturated rings. The van der Waals surface area contributed by atoms with E-state index in [1.165, 1.54) is 0 Å². The number of rotatable bonds is 4. The van der Waals surface area contributed by atoms with E-state index in [0.29, 0.717) is 40.4 Å². The second-order valence-corrected chi connectivity index (χ2v) is 5.95. The Hall–Kier alpha value is -0.780. The standard InChI is InChI=1S/C13H16BrClN2O2/c1-2-19-11-9(14)6-8(15)7-10(11)17-12(18)13(16)4-3-5-13/h6-7H,2-5,16H2,1H3,(H,17,18). The van der Waals surface area contributed by atoms with E-state index in [4.69, 9.17) is 22.1 Å². The van der Waals surface area contributed by atoms with Gasteiger partial charge in [0.25, 0.3) is 0 Å². The molecule has 0 spiro atoms. The van der Waals surface area contributed by atoms with Crippen molar-refractivity contribution in [3.63, 3.8) is 0 Å². The summed E-state index contributed by atoms with van der Waals surface area (Å²) in [6.45, 7) is 2.37. The van der Waals surface area contributed by atoms with Crippen LogP contribution in [-0.4, -0.2) is 18.1 Å². The molecule has 1 aliphatic carbocycles. The van der Waals surface area contributed by atoms with Crippen molar-refractivity contribution in [2.45, 2.75) is 31.7 Å². The minimum atomic E-state index is -0.752. The minimum absolute atomic E-state index is 0.186. The van der Waals surface area contributed by atoms with Crippen LogP contribution in [0.4, 0.5) is 5.69 Å². The lowest BCUT2D eigenvalue weighted by molar-refractivity contribution is -0.123. The summed E-state index contributed by atoms with van der Waals surface area (Å²) in [7, 11) is 0. The first-order chi connectivity index (χ1) is 8.96. The van der Waals surface area contributed by atoms with Gasteiger partial charge in [-0.3, -0.25) is 4.79 Å². The molecular weight excluding hydrogens is 332 g/mol. The van der Waals surface area contributed by atoms with E-state index < -0.39 is 5.54 Å². The molecule has 2 rings (SSSR count). The predicted octanol–water partition coefficient (Wildman–Crippen LogP) is 3.32. The molecule has 1 saturated carbocycles. The first kappa shape index (κ1) is 14.6. The second kappa shape index (κ2) is 5.69. The molecule has 0 unspecified atom stereocenters. The molecule has 0 heterocycles. The van der Waals surface area contributed by atoms with E-state index in [9.17, 15) is 4.79 Å². The average Bonchev–Trinajstić information content (AvgIpc) is 2.30. The van der Waals surface area contributed by atoms with Crippen molar-refractivity contribution in [2.75, 3.05) is 11.9 Å². The number of carbonyl (C=O) groups excluding carboxylic acids is 1. The van der Waals surface area contributed by atoms with Gasteiger partial charge >= 0.3 is 0 Å². The van der Waals surface area contributed by atoms with Crippen LogP contribution in [0.5, 0.6) is 5.75 Å². The molecule has 0 radical (unpaired) electrons. The summed E-state index contributed by atoms with van der Waals surface area (Å²) in [4.78, 5) is 12.1. The maximum absolute atomic E-state index is 12.1. The molecule has 4 nitrogen and oxygen atoms in total. The quantitative estimate of drug-likeness (QED) is 0.878. The Kier molecular flexibility index (Phi) is 4.38. The third-order valence-corrected chi connectivity index (χ3v) is 4.05. The Labute approximate surface area is 125 Å². The molecule has 0 aliphatic heterocycles. The van der Waals surface area contributed by atoms with Crippen LogP contribution in [0.3, 0.4) is 0 Å². The van der Waals surface area contributed by atoms with E-state index in [1.807, 2.05) is 6.92 Å². The largest absolute Gasteiger partial charge is 0.491 e. The smallest absolute Gasteiger partial charge is 0.244 e. The lowest BCUT2D eigenvalue weighted by atomic mass is 9.77. The molecular formula is C13H16BrClN2O2. The highest BCUT2D eigenvalue weighted by Crippen LogP contribution is 2.38. The molecule has 0 saturated heterocycles. The summed E-state index contributed by atoms with van der Waals surface area (Å²) >= 11 is 9.38. The topological polar surface area (TPSA) is 64.3 Å². The van der Waals surface area contributed by atoms with Gasteiger partial charge in [0.2, 0.25) is 5.91 Å². The first-order valence-electron chi connectivity index (χ1n) is 6.18. The van der Waals surface area contributed by atoms with Crippen molar-refractivity contribution >= 4 is 39.1 Å². The van der Waals surface area contributed by atoms with Crippen LogP contribution in [0.1, 0.15) is 26.2 Å². The van der Waals surface area contributed by atoms with Crippen LogP contribution in [0.25, 0.3) is 0 Å². The normalized spacial score (nSPS) is 16.6. The van der Waals surface area contributed by atoms with Gasteiger partial charge in [-0.25, -0.2) is 0 Å². The van der Waals surface area contributed by atoms with Crippen molar-refractivity contribution in [3.8, 4) is 5.75 Å². The Morgan fingerprint density at radius 3 is 2.79 bits per heavy atom. The van der Waals surface area contributed by atoms with Gasteiger partial charge in [0, 0.05) is 5.02 Å². The van der Waals surface area contributed by atoms with Gasteiger partial charge in [-0.15, -0.1) is 0 Å². The molecule has 6 heteroatoms.